The van der Waals surface area contributed by atoms with Crippen LogP contribution in [0.4, 0.5) is 5.69 Å². The zero-order valence-electron chi connectivity index (χ0n) is 10.2. The summed E-state index contributed by atoms with van der Waals surface area (Å²) in [6.07, 6.45) is 0. The number of rotatable bonds is 4. The molecule has 0 heterocycles. The molecular weight excluding hydrogens is 210 g/mol. The topological polar surface area (TPSA) is 21.3 Å². The molecule has 0 aliphatic carbocycles. The SMILES string of the molecule is CCNc1ccccc1-c1ccccc1OC. The van der Waals surface area contributed by atoms with Crippen molar-refractivity contribution in [3.63, 3.8) is 0 Å². The molecule has 2 heteroatoms. The maximum atomic E-state index is 5.41. The van der Waals surface area contributed by atoms with Gasteiger partial charge in [-0.3, -0.25) is 0 Å². The van der Waals surface area contributed by atoms with Crippen LogP contribution in [0, 0.1) is 0 Å². The summed E-state index contributed by atoms with van der Waals surface area (Å²) in [5.41, 5.74) is 3.43. The number of anilines is 1. The van der Waals surface area contributed by atoms with Crippen LogP contribution in [0.1, 0.15) is 6.92 Å². The summed E-state index contributed by atoms with van der Waals surface area (Å²) in [6.45, 7) is 3.01. The summed E-state index contributed by atoms with van der Waals surface area (Å²) in [4.78, 5) is 0. The number of hydrogen-bond donors (Lipinski definition) is 1. The van der Waals surface area contributed by atoms with Gasteiger partial charge in [-0.25, -0.2) is 0 Å². The van der Waals surface area contributed by atoms with Crippen LogP contribution >= 0.6 is 0 Å². The third-order valence-electron chi connectivity index (χ3n) is 2.69. The summed E-state index contributed by atoms with van der Waals surface area (Å²) in [7, 11) is 1.70. The summed E-state index contributed by atoms with van der Waals surface area (Å²) in [5, 5.41) is 3.37. The Kier molecular flexibility index (Phi) is 3.66. The minimum absolute atomic E-state index is 0.901. The van der Waals surface area contributed by atoms with Gasteiger partial charge in [0.2, 0.25) is 0 Å². The van der Waals surface area contributed by atoms with E-state index in [-0.39, 0.29) is 0 Å². The van der Waals surface area contributed by atoms with Crippen LogP contribution in [-0.2, 0) is 0 Å². The lowest BCUT2D eigenvalue weighted by Gasteiger charge is -2.13. The van der Waals surface area contributed by atoms with Crippen molar-refractivity contribution in [3.05, 3.63) is 48.5 Å². The number of hydrogen-bond acceptors (Lipinski definition) is 2. The first kappa shape index (κ1) is 11.5. The van der Waals surface area contributed by atoms with Crippen molar-refractivity contribution in [2.75, 3.05) is 19.0 Å². The van der Waals surface area contributed by atoms with Gasteiger partial charge in [0.05, 0.1) is 7.11 Å². The summed E-state index contributed by atoms with van der Waals surface area (Å²) >= 11 is 0. The number of ether oxygens (including phenoxy) is 1. The van der Waals surface area contributed by atoms with E-state index in [4.69, 9.17) is 4.74 Å². The molecular formula is C15H17NO. The molecule has 1 N–H and O–H groups in total. The second-order valence-electron chi connectivity index (χ2n) is 3.78. The van der Waals surface area contributed by atoms with Gasteiger partial charge in [0.25, 0.3) is 0 Å². The minimum atomic E-state index is 0.901. The first-order chi connectivity index (χ1) is 8.36. The fourth-order valence-corrected chi connectivity index (χ4v) is 1.93. The molecule has 2 nitrogen and oxygen atoms in total. The number of benzene rings is 2. The highest BCUT2D eigenvalue weighted by Crippen LogP contribution is 2.34. The van der Waals surface area contributed by atoms with Gasteiger partial charge in [0.1, 0.15) is 5.75 Å². The van der Waals surface area contributed by atoms with E-state index >= 15 is 0 Å². The Hall–Kier alpha value is -1.96. The van der Waals surface area contributed by atoms with Gasteiger partial charge in [-0.15, -0.1) is 0 Å². The molecule has 2 aromatic carbocycles. The fraction of sp³-hybridized carbons (Fsp3) is 0.200. The Labute approximate surface area is 102 Å². The highest BCUT2D eigenvalue weighted by atomic mass is 16.5. The molecule has 0 aliphatic heterocycles. The van der Waals surface area contributed by atoms with Crippen molar-refractivity contribution in [3.8, 4) is 16.9 Å². The lowest BCUT2D eigenvalue weighted by atomic mass is 10.0. The first-order valence-corrected chi connectivity index (χ1v) is 5.83. The third kappa shape index (κ3) is 2.41. The quantitative estimate of drug-likeness (QED) is 0.858. The largest absolute Gasteiger partial charge is 0.496 e. The first-order valence-electron chi connectivity index (χ1n) is 5.83. The summed E-state index contributed by atoms with van der Waals surface area (Å²) < 4.78 is 5.41. The van der Waals surface area contributed by atoms with Gasteiger partial charge in [-0.1, -0.05) is 36.4 Å². The molecule has 17 heavy (non-hydrogen) atoms. The summed E-state index contributed by atoms with van der Waals surface area (Å²) in [6, 6.07) is 16.4. The molecule has 0 aromatic heterocycles. The Bertz CT molecular complexity index is 494. The highest BCUT2D eigenvalue weighted by molar-refractivity contribution is 5.81. The second-order valence-corrected chi connectivity index (χ2v) is 3.78. The molecule has 0 aliphatic rings. The predicted octanol–water partition coefficient (Wildman–Crippen LogP) is 3.79. The Morgan fingerprint density at radius 3 is 2.29 bits per heavy atom. The van der Waals surface area contributed by atoms with Gasteiger partial charge >= 0.3 is 0 Å². The van der Waals surface area contributed by atoms with E-state index in [0.717, 1.165) is 23.5 Å². The van der Waals surface area contributed by atoms with Crippen molar-refractivity contribution in [2.45, 2.75) is 6.92 Å². The number of methoxy groups -OCH3 is 1. The van der Waals surface area contributed by atoms with E-state index in [1.54, 1.807) is 7.11 Å². The van der Waals surface area contributed by atoms with Gasteiger partial charge in [0.15, 0.2) is 0 Å². The molecule has 88 valence electrons. The molecule has 0 fully saturated rings. The number of nitrogens with one attached hydrogen (secondary N) is 1. The molecule has 0 bridgehead atoms. The van der Waals surface area contributed by atoms with E-state index in [9.17, 15) is 0 Å². The van der Waals surface area contributed by atoms with Crippen LogP contribution in [0.25, 0.3) is 11.1 Å². The standard InChI is InChI=1S/C15H17NO/c1-3-16-14-10-6-4-8-12(14)13-9-5-7-11-15(13)17-2/h4-11,16H,3H2,1-2H3. The van der Waals surface area contributed by atoms with Crippen LogP contribution in [-0.4, -0.2) is 13.7 Å². The molecule has 0 saturated heterocycles. The third-order valence-corrected chi connectivity index (χ3v) is 2.69. The minimum Gasteiger partial charge on any atom is -0.496 e. The number of para-hydroxylation sites is 2. The Morgan fingerprint density at radius 1 is 0.941 bits per heavy atom. The van der Waals surface area contributed by atoms with Crippen molar-refractivity contribution < 1.29 is 4.74 Å². The van der Waals surface area contributed by atoms with Crippen molar-refractivity contribution in [1.29, 1.82) is 0 Å². The van der Waals surface area contributed by atoms with Gasteiger partial charge in [-0.05, 0) is 19.1 Å². The predicted molar refractivity (Wildman–Crippen MR) is 72.6 cm³/mol. The van der Waals surface area contributed by atoms with Crippen molar-refractivity contribution in [2.24, 2.45) is 0 Å². The molecule has 0 atom stereocenters. The van der Waals surface area contributed by atoms with Gasteiger partial charge in [0, 0.05) is 23.4 Å². The molecule has 0 spiro atoms. The fourth-order valence-electron chi connectivity index (χ4n) is 1.93. The van der Waals surface area contributed by atoms with E-state index in [2.05, 4.69) is 30.4 Å². The van der Waals surface area contributed by atoms with Crippen molar-refractivity contribution in [1.82, 2.24) is 0 Å². The van der Waals surface area contributed by atoms with Crippen LogP contribution < -0.4 is 10.1 Å². The zero-order valence-corrected chi connectivity index (χ0v) is 10.2. The van der Waals surface area contributed by atoms with Crippen molar-refractivity contribution >= 4 is 5.69 Å². The highest BCUT2D eigenvalue weighted by Gasteiger charge is 2.08. The van der Waals surface area contributed by atoms with E-state index < -0.39 is 0 Å². The molecule has 2 aromatic rings. The van der Waals surface area contributed by atoms with E-state index in [0.29, 0.717) is 0 Å². The maximum absolute atomic E-state index is 5.41. The molecule has 0 radical (unpaired) electrons. The second kappa shape index (κ2) is 5.39. The zero-order chi connectivity index (χ0) is 12.1. The monoisotopic (exact) mass is 227 g/mol. The van der Waals surface area contributed by atoms with Gasteiger partial charge < -0.3 is 10.1 Å². The summed E-state index contributed by atoms with van der Waals surface area (Å²) in [5.74, 6) is 0.901. The molecule has 2 rings (SSSR count). The normalized spacial score (nSPS) is 10.0. The van der Waals surface area contributed by atoms with Crippen LogP contribution in [0.2, 0.25) is 0 Å². The maximum Gasteiger partial charge on any atom is 0.126 e. The van der Waals surface area contributed by atoms with Crippen LogP contribution in [0.15, 0.2) is 48.5 Å². The smallest absolute Gasteiger partial charge is 0.126 e. The van der Waals surface area contributed by atoms with E-state index in [1.165, 1.54) is 5.56 Å². The average Bonchev–Trinajstić information content (AvgIpc) is 2.40. The van der Waals surface area contributed by atoms with Crippen LogP contribution in [0.3, 0.4) is 0 Å². The lowest BCUT2D eigenvalue weighted by molar-refractivity contribution is 0.416. The molecule has 0 unspecified atom stereocenters. The van der Waals surface area contributed by atoms with Gasteiger partial charge in [-0.2, -0.15) is 0 Å². The van der Waals surface area contributed by atoms with Crippen LogP contribution in [0.5, 0.6) is 5.75 Å². The Balaban J connectivity index is 2.52. The van der Waals surface area contributed by atoms with E-state index in [1.807, 2.05) is 30.3 Å². The molecule has 0 saturated carbocycles. The molecule has 0 amide bonds. The Morgan fingerprint density at radius 2 is 1.59 bits per heavy atom. The lowest BCUT2D eigenvalue weighted by Crippen LogP contribution is -1.99. The average molecular weight is 227 g/mol.